The maximum atomic E-state index is 4.34. The number of hydrogen-bond donors (Lipinski definition) is 0. The molecule has 1 fully saturated rings. The molecule has 0 N–H and O–H groups in total. The molecule has 0 atom stereocenters. The summed E-state index contributed by atoms with van der Waals surface area (Å²) in [5.41, 5.74) is 3.69. The fraction of sp³-hybridized carbons (Fsp3) is 0.500. The molecule has 0 saturated heterocycles. The molecular formula is C24H30N2. The first kappa shape index (κ1) is 18.6. The monoisotopic (exact) mass is 346 g/mol. The summed E-state index contributed by atoms with van der Waals surface area (Å²) in [6.07, 6.45) is 14.1. The van der Waals surface area contributed by atoms with Crippen molar-refractivity contribution in [2.24, 2.45) is 5.92 Å². The molecule has 0 amide bonds. The summed E-state index contributed by atoms with van der Waals surface area (Å²) in [5.74, 6) is 8.57. The maximum absolute atomic E-state index is 4.34. The third-order valence-electron chi connectivity index (χ3n) is 5.49. The van der Waals surface area contributed by atoms with E-state index >= 15 is 0 Å². The SMILES string of the molecule is CCCc1cnc(C#Cc2ccc([C@H]3CC[C@H](CCC)CC3)cc2)nc1. The van der Waals surface area contributed by atoms with E-state index < -0.39 is 0 Å². The van der Waals surface area contributed by atoms with Gasteiger partial charge < -0.3 is 0 Å². The van der Waals surface area contributed by atoms with Gasteiger partial charge in [-0.05, 0) is 73.1 Å². The number of benzene rings is 1. The zero-order valence-corrected chi connectivity index (χ0v) is 16.2. The Balaban J connectivity index is 1.58. The highest BCUT2D eigenvalue weighted by atomic mass is 14.8. The van der Waals surface area contributed by atoms with Crippen LogP contribution in [0.4, 0.5) is 0 Å². The van der Waals surface area contributed by atoms with Crippen molar-refractivity contribution in [1.82, 2.24) is 9.97 Å². The van der Waals surface area contributed by atoms with E-state index in [1.165, 1.54) is 49.7 Å². The van der Waals surface area contributed by atoms with Gasteiger partial charge in [0.2, 0.25) is 5.82 Å². The minimum atomic E-state index is 0.600. The average molecular weight is 347 g/mol. The van der Waals surface area contributed by atoms with E-state index in [1.807, 2.05) is 12.4 Å². The van der Waals surface area contributed by atoms with Gasteiger partial charge in [-0.15, -0.1) is 0 Å². The first-order valence-corrected chi connectivity index (χ1v) is 10.2. The molecule has 1 heterocycles. The smallest absolute Gasteiger partial charge is 0.205 e. The fourth-order valence-electron chi connectivity index (χ4n) is 4.00. The highest BCUT2D eigenvalue weighted by Crippen LogP contribution is 2.37. The third kappa shape index (κ3) is 5.18. The summed E-state index contributed by atoms with van der Waals surface area (Å²) in [5, 5.41) is 0. The topological polar surface area (TPSA) is 25.8 Å². The van der Waals surface area contributed by atoms with Gasteiger partial charge in [-0.3, -0.25) is 0 Å². The summed E-state index contributed by atoms with van der Waals surface area (Å²) < 4.78 is 0. The summed E-state index contributed by atoms with van der Waals surface area (Å²) >= 11 is 0. The van der Waals surface area contributed by atoms with Crippen molar-refractivity contribution in [3.63, 3.8) is 0 Å². The van der Waals surface area contributed by atoms with Crippen LogP contribution in [0.1, 0.15) is 87.2 Å². The van der Waals surface area contributed by atoms with Crippen molar-refractivity contribution >= 4 is 0 Å². The Morgan fingerprint density at radius 2 is 1.58 bits per heavy atom. The first-order valence-electron chi connectivity index (χ1n) is 10.2. The molecule has 1 aromatic carbocycles. The Morgan fingerprint density at radius 3 is 2.19 bits per heavy atom. The van der Waals surface area contributed by atoms with Crippen molar-refractivity contribution in [1.29, 1.82) is 0 Å². The third-order valence-corrected chi connectivity index (χ3v) is 5.49. The number of rotatable bonds is 5. The van der Waals surface area contributed by atoms with E-state index in [2.05, 4.69) is 59.9 Å². The molecule has 136 valence electrons. The van der Waals surface area contributed by atoms with E-state index in [-0.39, 0.29) is 0 Å². The highest BCUT2D eigenvalue weighted by molar-refractivity contribution is 5.40. The van der Waals surface area contributed by atoms with Gasteiger partial charge in [-0.25, -0.2) is 9.97 Å². The van der Waals surface area contributed by atoms with Crippen LogP contribution in [0.15, 0.2) is 36.7 Å². The zero-order valence-electron chi connectivity index (χ0n) is 16.2. The molecule has 1 aliphatic carbocycles. The van der Waals surface area contributed by atoms with Crippen LogP contribution in [-0.2, 0) is 6.42 Å². The normalized spacial score (nSPS) is 19.6. The van der Waals surface area contributed by atoms with E-state index in [4.69, 9.17) is 0 Å². The lowest BCUT2D eigenvalue weighted by Gasteiger charge is -2.28. The fourth-order valence-corrected chi connectivity index (χ4v) is 4.00. The van der Waals surface area contributed by atoms with Gasteiger partial charge >= 0.3 is 0 Å². The molecule has 1 aliphatic rings. The lowest BCUT2D eigenvalue weighted by Crippen LogP contribution is -2.13. The summed E-state index contributed by atoms with van der Waals surface area (Å²) in [6, 6.07) is 8.82. The molecule has 0 bridgehead atoms. The predicted molar refractivity (Wildman–Crippen MR) is 108 cm³/mol. The number of aromatic nitrogens is 2. The largest absolute Gasteiger partial charge is 0.229 e. The van der Waals surface area contributed by atoms with Crippen molar-refractivity contribution in [2.75, 3.05) is 0 Å². The van der Waals surface area contributed by atoms with E-state index in [0.29, 0.717) is 5.82 Å². The number of nitrogens with zero attached hydrogens (tertiary/aromatic N) is 2. The lowest BCUT2D eigenvalue weighted by molar-refractivity contribution is 0.308. The highest BCUT2D eigenvalue weighted by Gasteiger charge is 2.21. The van der Waals surface area contributed by atoms with Gasteiger partial charge in [0, 0.05) is 18.0 Å². The second kappa shape index (κ2) is 9.53. The van der Waals surface area contributed by atoms with Gasteiger partial charge in [-0.2, -0.15) is 0 Å². The Morgan fingerprint density at radius 1 is 0.885 bits per heavy atom. The quantitative estimate of drug-likeness (QED) is 0.630. The van der Waals surface area contributed by atoms with Gasteiger partial charge in [-0.1, -0.05) is 51.2 Å². The van der Waals surface area contributed by atoms with E-state index in [9.17, 15) is 0 Å². The van der Waals surface area contributed by atoms with Crippen LogP contribution < -0.4 is 0 Å². The number of hydrogen-bond acceptors (Lipinski definition) is 2. The first-order chi connectivity index (χ1) is 12.8. The van der Waals surface area contributed by atoms with Crippen LogP contribution in [0.3, 0.4) is 0 Å². The minimum Gasteiger partial charge on any atom is -0.229 e. The molecule has 26 heavy (non-hydrogen) atoms. The molecule has 0 aliphatic heterocycles. The van der Waals surface area contributed by atoms with Crippen molar-refractivity contribution in [2.45, 2.75) is 71.1 Å². The molecule has 1 aromatic heterocycles. The second-order valence-corrected chi connectivity index (χ2v) is 7.54. The molecule has 2 heteroatoms. The molecule has 1 saturated carbocycles. The summed E-state index contributed by atoms with van der Waals surface area (Å²) in [7, 11) is 0. The minimum absolute atomic E-state index is 0.600. The van der Waals surface area contributed by atoms with Gasteiger partial charge in [0.25, 0.3) is 0 Å². The van der Waals surface area contributed by atoms with Gasteiger partial charge in [0.05, 0.1) is 0 Å². The Kier molecular flexibility index (Phi) is 6.83. The Hall–Kier alpha value is -2.14. The van der Waals surface area contributed by atoms with Crippen molar-refractivity contribution in [3.8, 4) is 11.8 Å². The van der Waals surface area contributed by atoms with Gasteiger partial charge in [0.15, 0.2) is 0 Å². The molecule has 0 spiro atoms. The van der Waals surface area contributed by atoms with Crippen molar-refractivity contribution in [3.05, 3.63) is 59.2 Å². The summed E-state index contributed by atoms with van der Waals surface area (Å²) in [6.45, 7) is 4.46. The molecule has 0 unspecified atom stereocenters. The lowest BCUT2D eigenvalue weighted by atomic mass is 9.77. The van der Waals surface area contributed by atoms with Crippen LogP contribution in [0.2, 0.25) is 0 Å². The van der Waals surface area contributed by atoms with E-state index in [0.717, 1.165) is 30.2 Å². The van der Waals surface area contributed by atoms with E-state index in [1.54, 1.807) is 0 Å². The van der Waals surface area contributed by atoms with Gasteiger partial charge in [0.1, 0.15) is 0 Å². The second-order valence-electron chi connectivity index (χ2n) is 7.54. The van der Waals surface area contributed by atoms with Crippen LogP contribution >= 0.6 is 0 Å². The Labute approximate surface area is 158 Å². The molecular weight excluding hydrogens is 316 g/mol. The molecule has 3 rings (SSSR count). The number of aryl methyl sites for hydroxylation is 1. The zero-order chi connectivity index (χ0) is 18.2. The standard InChI is InChI=1S/C24H30N2/c1-3-5-19-7-12-22(13-8-19)23-14-9-20(10-15-23)11-16-24-25-17-21(6-4-2)18-26-24/h9-10,14-15,17-19,22H,3-8,12-13H2,1-2H3/t19-,22-. The molecule has 2 nitrogen and oxygen atoms in total. The van der Waals surface area contributed by atoms with Crippen LogP contribution in [0.25, 0.3) is 0 Å². The average Bonchev–Trinajstić information content (AvgIpc) is 2.69. The molecule has 2 aromatic rings. The van der Waals surface area contributed by atoms with Crippen LogP contribution in [0, 0.1) is 17.8 Å². The predicted octanol–water partition coefficient (Wildman–Crippen LogP) is 5.90. The van der Waals surface area contributed by atoms with Crippen molar-refractivity contribution < 1.29 is 0 Å². The maximum Gasteiger partial charge on any atom is 0.205 e. The van der Waals surface area contributed by atoms with Crippen LogP contribution in [-0.4, -0.2) is 9.97 Å². The summed E-state index contributed by atoms with van der Waals surface area (Å²) in [4.78, 5) is 8.68. The van der Waals surface area contributed by atoms with Crippen LogP contribution in [0.5, 0.6) is 0 Å². The molecule has 0 radical (unpaired) electrons. The Bertz CT molecular complexity index is 727.